The van der Waals surface area contributed by atoms with Gasteiger partial charge in [-0.15, -0.1) is 0 Å². The standard InChI is InChI=1S/C30H37N5O5/c1-20(2)17-21-9-7-10-22-18-23(31-27(21)22)19-35-16-8-12-25(29(35)38)32-28(37)24(33-30(39)40)11-3-4-13-26(36)34-14-5-6-15-34/h4,7-10,12-13,16,18,20,24,31,33H,3,5-6,11,14-15,17,19H2,1-2H3,(H,32,37)(H,39,40). The van der Waals surface area contributed by atoms with E-state index in [1.54, 1.807) is 23.2 Å². The Labute approximate surface area is 233 Å². The number of H-pyrrole nitrogens is 1. The summed E-state index contributed by atoms with van der Waals surface area (Å²) in [6.45, 7) is 6.11. The zero-order valence-corrected chi connectivity index (χ0v) is 23.0. The van der Waals surface area contributed by atoms with E-state index >= 15 is 0 Å². The zero-order valence-electron chi connectivity index (χ0n) is 23.0. The first-order chi connectivity index (χ1) is 19.2. The Kier molecular flexibility index (Phi) is 9.42. The maximum absolute atomic E-state index is 13.2. The first-order valence-corrected chi connectivity index (χ1v) is 13.8. The van der Waals surface area contributed by atoms with E-state index in [1.807, 2.05) is 18.2 Å². The fourth-order valence-electron chi connectivity index (χ4n) is 5.04. The molecule has 1 atom stereocenters. The van der Waals surface area contributed by atoms with Crippen LogP contribution >= 0.6 is 0 Å². The molecule has 10 nitrogen and oxygen atoms in total. The van der Waals surface area contributed by atoms with E-state index in [9.17, 15) is 24.3 Å². The molecule has 3 amide bonds. The molecule has 1 saturated heterocycles. The van der Waals surface area contributed by atoms with Crippen molar-refractivity contribution in [3.05, 3.63) is 76.4 Å². The number of nitrogens with one attached hydrogen (secondary N) is 3. The summed E-state index contributed by atoms with van der Waals surface area (Å²) in [5, 5.41) is 15.1. The Morgan fingerprint density at radius 3 is 2.62 bits per heavy atom. The molecule has 40 heavy (non-hydrogen) atoms. The smallest absolute Gasteiger partial charge is 0.405 e. The molecule has 0 radical (unpaired) electrons. The summed E-state index contributed by atoms with van der Waals surface area (Å²) in [5.41, 5.74) is 2.79. The summed E-state index contributed by atoms with van der Waals surface area (Å²) in [6, 6.07) is 10.3. The third-order valence-electron chi connectivity index (χ3n) is 6.96. The molecule has 0 saturated carbocycles. The number of amides is 3. The van der Waals surface area contributed by atoms with Gasteiger partial charge in [0.05, 0.1) is 6.54 Å². The van der Waals surface area contributed by atoms with Crippen LogP contribution in [0.1, 0.15) is 50.8 Å². The molecule has 0 spiro atoms. The lowest BCUT2D eigenvalue weighted by Crippen LogP contribution is -2.44. The molecule has 1 fully saturated rings. The Balaban J connectivity index is 1.43. The Hall–Kier alpha value is -4.34. The second-order valence-corrected chi connectivity index (χ2v) is 10.6. The number of allylic oxidation sites excluding steroid dienone is 1. The lowest BCUT2D eigenvalue weighted by molar-refractivity contribution is -0.125. The zero-order chi connectivity index (χ0) is 28.6. The lowest BCUT2D eigenvalue weighted by atomic mass is 10.0. The second-order valence-electron chi connectivity index (χ2n) is 10.6. The van der Waals surface area contributed by atoms with Crippen molar-refractivity contribution in [1.29, 1.82) is 0 Å². The van der Waals surface area contributed by atoms with E-state index in [0.717, 1.165) is 48.9 Å². The van der Waals surface area contributed by atoms with Crippen molar-refractivity contribution in [2.45, 2.75) is 58.5 Å². The number of para-hydroxylation sites is 1. The molecule has 2 aromatic heterocycles. The number of aromatic amines is 1. The number of aromatic nitrogens is 2. The number of carboxylic acid groups (broad SMARTS) is 1. The quantitative estimate of drug-likeness (QED) is 0.268. The summed E-state index contributed by atoms with van der Waals surface area (Å²) in [7, 11) is 0. The first-order valence-electron chi connectivity index (χ1n) is 13.8. The van der Waals surface area contributed by atoms with Crippen LogP contribution in [0, 0.1) is 5.92 Å². The van der Waals surface area contributed by atoms with E-state index < -0.39 is 23.6 Å². The molecular formula is C30H37N5O5. The minimum atomic E-state index is -1.35. The number of carbonyl (C=O) groups excluding carboxylic acids is 2. The molecule has 10 heteroatoms. The van der Waals surface area contributed by atoms with Gasteiger partial charge in [0, 0.05) is 30.5 Å². The number of hydrogen-bond donors (Lipinski definition) is 4. The highest BCUT2D eigenvalue weighted by Gasteiger charge is 2.22. The minimum absolute atomic E-state index is 0.0565. The van der Waals surface area contributed by atoms with Crippen molar-refractivity contribution in [3.8, 4) is 0 Å². The van der Waals surface area contributed by atoms with Gasteiger partial charge in [-0.25, -0.2) is 4.79 Å². The Morgan fingerprint density at radius 1 is 1.12 bits per heavy atom. The highest BCUT2D eigenvalue weighted by atomic mass is 16.4. The third kappa shape index (κ3) is 7.40. The predicted molar refractivity (Wildman–Crippen MR) is 154 cm³/mol. The largest absolute Gasteiger partial charge is 0.465 e. The molecule has 3 heterocycles. The highest BCUT2D eigenvalue weighted by Crippen LogP contribution is 2.22. The van der Waals surface area contributed by atoms with Gasteiger partial charge in [-0.1, -0.05) is 38.1 Å². The summed E-state index contributed by atoms with van der Waals surface area (Å²) in [4.78, 5) is 54.8. The maximum atomic E-state index is 13.2. The number of fused-ring (bicyclic) bond motifs is 1. The average Bonchev–Trinajstić information content (AvgIpc) is 3.58. The van der Waals surface area contributed by atoms with Crippen molar-refractivity contribution in [1.82, 2.24) is 19.8 Å². The first kappa shape index (κ1) is 28.7. The molecule has 1 aromatic carbocycles. The van der Waals surface area contributed by atoms with Gasteiger partial charge >= 0.3 is 6.09 Å². The van der Waals surface area contributed by atoms with Crippen LogP contribution in [-0.4, -0.2) is 56.6 Å². The van der Waals surface area contributed by atoms with Gasteiger partial charge < -0.3 is 30.2 Å². The van der Waals surface area contributed by atoms with E-state index in [4.69, 9.17) is 0 Å². The van der Waals surface area contributed by atoms with Crippen molar-refractivity contribution >= 4 is 34.5 Å². The minimum Gasteiger partial charge on any atom is -0.465 e. The normalized spacial score (nSPS) is 14.2. The van der Waals surface area contributed by atoms with Crippen LogP contribution in [0.15, 0.2) is 59.5 Å². The van der Waals surface area contributed by atoms with E-state index in [2.05, 4.69) is 35.5 Å². The molecular weight excluding hydrogens is 510 g/mol. The van der Waals surface area contributed by atoms with Crippen molar-refractivity contribution in [2.24, 2.45) is 5.92 Å². The van der Waals surface area contributed by atoms with Crippen LogP contribution in [0.4, 0.5) is 10.5 Å². The molecule has 1 unspecified atom stereocenters. The fraction of sp³-hybridized carbons (Fsp3) is 0.400. The molecule has 212 valence electrons. The van der Waals surface area contributed by atoms with Crippen LogP contribution in [0.5, 0.6) is 0 Å². The van der Waals surface area contributed by atoms with Gasteiger partial charge in [0.1, 0.15) is 11.7 Å². The molecule has 1 aliphatic heterocycles. The van der Waals surface area contributed by atoms with E-state index in [0.29, 0.717) is 12.3 Å². The monoisotopic (exact) mass is 547 g/mol. The maximum Gasteiger partial charge on any atom is 0.405 e. The Bertz CT molecular complexity index is 1450. The van der Waals surface area contributed by atoms with E-state index in [-0.39, 0.29) is 24.6 Å². The summed E-state index contributed by atoms with van der Waals surface area (Å²) >= 11 is 0. The number of nitrogens with zero attached hydrogens (tertiary/aromatic N) is 2. The third-order valence-corrected chi connectivity index (χ3v) is 6.96. The number of benzene rings is 1. The second kappa shape index (κ2) is 13.1. The van der Waals surface area contributed by atoms with Gasteiger partial charge in [0.25, 0.3) is 5.56 Å². The van der Waals surface area contributed by atoms with Gasteiger partial charge in [-0.05, 0) is 73.2 Å². The van der Waals surface area contributed by atoms with Crippen LogP contribution < -0.4 is 16.2 Å². The highest BCUT2D eigenvalue weighted by molar-refractivity contribution is 5.96. The number of rotatable bonds is 11. The molecule has 3 aromatic rings. The molecule has 0 aliphatic carbocycles. The van der Waals surface area contributed by atoms with Gasteiger partial charge in [-0.3, -0.25) is 14.4 Å². The lowest BCUT2D eigenvalue weighted by Gasteiger charge is -2.16. The fourth-order valence-corrected chi connectivity index (χ4v) is 5.04. The van der Waals surface area contributed by atoms with E-state index in [1.165, 1.54) is 22.3 Å². The topological polar surface area (TPSA) is 137 Å². The number of anilines is 1. The Morgan fingerprint density at radius 2 is 1.90 bits per heavy atom. The van der Waals surface area contributed by atoms with Gasteiger partial charge in [-0.2, -0.15) is 0 Å². The number of likely N-dealkylation sites (tertiary alicyclic amines) is 1. The van der Waals surface area contributed by atoms with Crippen molar-refractivity contribution in [3.63, 3.8) is 0 Å². The number of carbonyl (C=O) groups is 3. The number of hydrogen-bond acceptors (Lipinski definition) is 4. The van der Waals surface area contributed by atoms with Crippen molar-refractivity contribution in [2.75, 3.05) is 18.4 Å². The SMILES string of the molecule is CC(C)Cc1cccc2cc(Cn3cccc(NC(=O)C(CCC=CC(=O)N4CCCC4)NC(=O)O)c3=O)[nH]c12. The average molecular weight is 548 g/mol. The molecule has 1 aliphatic rings. The molecule has 4 N–H and O–H groups in total. The number of pyridine rings is 1. The van der Waals surface area contributed by atoms with Crippen molar-refractivity contribution < 1.29 is 19.5 Å². The predicted octanol–water partition coefficient (Wildman–Crippen LogP) is 4.11. The van der Waals surface area contributed by atoms with Crippen LogP contribution in [0.3, 0.4) is 0 Å². The van der Waals surface area contributed by atoms with Gasteiger partial charge in [0.15, 0.2) is 0 Å². The van der Waals surface area contributed by atoms with Crippen LogP contribution in [-0.2, 0) is 22.6 Å². The summed E-state index contributed by atoms with van der Waals surface area (Å²) in [6.07, 6.45) is 6.78. The molecule has 0 bridgehead atoms. The van der Waals surface area contributed by atoms with Crippen LogP contribution in [0.2, 0.25) is 0 Å². The van der Waals surface area contributed by atoms with Crippen LogP contribution in [0.25, 0.3) is 10.9 Å². The summed E-state index contributed by atoms with van der Waals surface area (Å²) in [5.74, 6) is -0.214. The molecule has 4 rings (SSSR count). The summed E-state index contributed by atoms with van der Waals surface area (Å²) < 4.78 is 1.49. The van der Waals surface area contributed by atoms with Gasteiger partial charge in [0.2, 0.25) is 11.8 Å².